The summed E-state index contributed by atoms with van der Waals surface area (Å²) in [5.41, 5.74) is 9.61. The fraction of sp³-hybridized carbons (Fsp3) is 0.571. The number of hydrogen-bond donors (Lipinski definition) is 1. The van der Waals surface area contributed by atoms with Gasteiger partial charge < -0.3 is 10.5 Å². The molecule has 0 aliphatic heterocycles. The van der Waals surface area contributed by atoms with E-state index in [-0.39, 0.29) is 0 Å². The fourth-order valence-corrected chi connectivity index (χ4v) is 2.17. The van der Waals surface area contributed by atoms with Gasteiger partial charge in [-0.25, -0.2) is 0 Å². The highest BCUT2D eigenvalue weighted by Gasteiger charge is 2.14. The van der Waals surface area contributed by atoms with Crippen molar-refractivity contribution in [1.82, 2.24) is 0 Å². The normalized spacial score (nSPS) is 10.9. The number of benzene rings is 1. The van der Waals surface area contributed by atoms with Crippen LogP contribution < -0.4 is 10.5 Å². The molecule has 16 heavy (non-hydrogen) atoms. The second kappa shape index (κ2) is 5.90. The molecule has 0 fully saturated rings. The highest BCUT2D eigenvalue weighted by molar-refractivity contribution is 5.48. The van der Waals surface area contributed by atoms with Gasteiger partial charge in [-0.15, -0.1) is 0 Å². The van der Waals surface area contributed by atoms with Gasteiger partial charge in [0.25, 0.3) is 0 Å². The molecule has 2 heteroatoms. The van der Waals surface area contributed by atoms with Crippen molar-refractivity contribution in [3.63, 3.8) is 0 Å². The second-order valence-electron chi connectivity index (χ2n) is 4.37. The molecule has 1 aromatic carbocycles. The minimum atomic E-state index is 0.515. The molecular weight excluding hydrogens is 198 g/mol. The summed E-state index contributed by atoms with van der Waals surface area (Å²) < 4.78 is 5.56. The van der Waals surface area contributed by atoms with Crippen LogP contribution in [0.5, 0.6) is 5.75 Å². The van der Waals surface area contributed by atoms with E-state index in [2.05, 4.69) is 32.9 Å². The molecular formula is C14H23NO. The highest BCUT2D eigenvalue weighted by Crippen LogP contribution is 2.32. The topological polar surface area (TPSA) is 35.2 Å². The van der Waals surface area contributed by atoms with Crippen LogP contribution in [0.4, 0.5) is 0 Å². The molecule has 2 N–H and O–H groups in total. The van der Waals surface area contributed by atoms with Crippen molar-refractivity contribution < 1.29 is 4.74 Å². The van der Waals surface area contributed by atoms with Crippen molar-refractivity contribution in [3.05, 3.63) is 28.8 Å². The molecule has 0 saturated heterocycles. The van der Waals surface area contributed by atoms with Gasteiger partial charge in [0.15, 0.2) is 0 Å². The Morgan fingerprint density at radius 2 is 2.00 bits per heavy atom. The quantitative estimate of drug-likeness (QED) is 0.829. The molecule has 0 heterocycles. The molecule has 90 valence electrons. The Balaban J connectivity index is 3.31. The van der Waals surface area contributed by atoms with E-state index in [0.29, 0.717) is 12.5 Å². The summed E-state index contributed by atoms with van der Waals surface area (Å²) in [6, 6.07) is 4.39. The van der Waals surface area contributed by atoms with Gasteiger partial charge in [-0.2, -0.15) is 0 Å². The van der Waals surface area contributed by atoms with Crippen LogP contribution in [0.3, 0.4) is 0 Å². The molecule has 0 atom stereocenters. The Hall–Kier alpha value is -1.02. The van der Waals surface area contributed by atoms with Crippen LogP contribution in [0, 0.1) is 0 Å². The molecule has 0 amide bonds. The zero-order valence-corrected chi connectivity index (χ0v) is 10.8. The van der Waals surface area contributed by atoms with E-state index in [4.69, 9.17) is 10.5 Å². The maximum Gasteiger partial charge on any atom is 0.125 e. The Bertz CT molecular complexity index is 345. The van der Waals surface area contributed by atoms with Crippen molar-refractivity contribution in [1.29, 1.82) is 0 Å². The summed E-state index contributed by atoms with van der Waals surface area (Å²) in [6.45, 7) is 7.24. The molecule has 0 aliphatic carbocycles. The van der Waals surface area contributed by atoms with Crippen LogP contribution in [-0.2, 0) is 12.8 Å². The lowest BCUT2D eigenvalue weighted by Gasteiger charge is -2.18. The largest absolute Gasteiger partial charge is 0.496 e. The first-order valence-corrected chi connectivity index (χ1v) is 6.04. The summed E-state index contributed by atoms with van der Waals surface area (Å²) in [6.07, 6.45) is 1.89. The third-order valence-electron chi connectivity index (χ3n) is 2.98. The van der Waals surface area contributed by atoms with E-state index in [0.717, 1.165) is 18.6 Å². The lowest BCUT2D eigenvalue weighted by molar-refractivity contribution is 0.404. The molecule has 0 spiro atoms. The zero-order valence-electron chi connectivity index (χ0n) is 10.8. The molecule has 0 saturated carbocycles. The first-order chi connectivity index (χ1) is 7.65. The molecule has 0 aromatic heterocycles. The van der Waals surface area contributed by atoms with E-state index in [1.54, 1.807) is 7.11 Å². The number of rotatable bonds is 5. The van der Waals surface area contributed by atoms with Gasteiger partial charge >= 0.3 is 0 Å². The number of methoxy groups -OCH3 is 1. The predicted molar refractivity (Wildman–Crippen MR) is 69.2 cm³/mol. The van der Waals surface area contributed by atoms with Gasteiger partial charge in [0, 0.05) is 0 Å². The van der Waals surface area contributed by atoms with Crippen molar-refractivity contribution in [2.24, 2.45) is 5.73 Å². The van der Waals surface area contributed by atoms with Gasteiger partial charge in [0.05, 0.1) is 7.11 Å². The molecule has 1 rings (SSSR count). The second-order valence-corrected chi connectivity index (χ2v) is 4.37. The molecule has 2 nitrogen and oxygen atoms in total. The summed E-state index contributed by atoms with van der Waals surface area (Å²) in [4.78, 5) is 0. The third kappa shape index (κ3) is 2.56. The van der Waals surface area contributed by atoms with E-state index in [9.17, 15) is 0 Å². The maximum atomic E-state index is 5.69. The monoisotopic (exact) mass is 221 g/mol. The van der Waals surface area contributed by atoms with Crippen molar-refractivity contribution in [2.75, 3.05) is 13.7 Å². The summed E-state index contributed by atoms with van der Waals surface area (Å²) >= 11 is 0. The minimum absolute atomic E-state index is 0.515. The summed E-state index contributed by atoms with van der Waals surface area (Å²) in [5.74, 6) is 1.56. The van der Waals surface area contributed by atoms with Gasteiger partial charge in [-0.1, -0.05) is 32.9 Å². The number of ether oxygens (including phenoxy) is 1. The lowest BCUT2D eigenvalue weighted by Crippen LogP contribution is -2.09. The molecule has 0 unspecified atom stereocenters. The van der Waals surface area contributed by atoms with Crippen molar-refractivity contribution in [3.8, 4) is 5.75 Å². The van der Waals surface area contributed by atoms with E-state index < -0.39 is 0 Å². The van der Waals surface area contributed by atoms with Crippen LogP contribution >= 0.6 is 0 Å². The zero-order chi connectivity index (χ0) is 12.1. The van der Waals surface area contributed by atoms with Gasteiger partial charge in [0.2, 0.25) is 0 Å². The average molecular weight is 221 g/mol. The molecule has 0 radical (unpaired) electrons. The Morgan fingerprint density at radius 1 is 1.31 bits per heavy atom. The van der Waals surface area contributed by atoms with Crippen LogP contribution in [0.15, 0.2) is 12.1 Å². The highest BCUT2D eigenvalue weighted by atomic mass is 16.5. The smallest absolute Gasteiger partial charge is 0.125 e. The van der Waals surface area contributed by atoms with Crippen LogP contribution in [0.2, 0.25) is 0 Å². The molecule has 0 aliphatic rings. The third-order valence-corrected chi connectivity index (χ3v) is 2.98. The minimum Gasteiger partial charge on any atom is -0.496 e. The number of hydrogen-bond acceptors (Lipinski definition) is 2. The lowest BCUT2D eigenvalue weighted by atomic mass is 9.91. The first-order valence-electron chi connectivity index (χ1n) is 6.04. The Morgan fingerprint density at radius 3 is 2.44 bits per heavy atom. The number of aryl methyl sites for hydroxylation is 1. The van der Waals surface area contributed by atoms with Gasteiger partial charge in [-0.3, -0.25) is 0 Å². The van der Waals surface area contributed by atoms with Crippen LogP contribution in [-0.4, -0.2) is 13.7 Å². The van der Waals surface area contributed by atoms with E-state index in [1.165, 1.54) is 16.7 Å². The molecule has 1 aromatic rings. The van der Waals surface area contributed by atoms with E-state index in [1.807, 2.05) is 0 Å². The predicted octanol–water partition coefficient (Wildman–Crippen LogP) is 2.88. The molecule has 0 bridgehead atoms. The van der Waals surface area contributed by atoms with E-state index >= 15 is 0 Å². The fourth-order valence-electron chi connectivity index (χ4n) is 2.17. The average Bonchev–Trinajstić information content (AvgIpc) is 2.28. The van der Waals surface area contributed by atoms with Crippen LogP contribution in [0.1, 0.15) is 43.4 Å². The Labute approximate surface area is 98.8 Å². The van der Waals surface area contributed by atoms with Gasteiger partial charge in [-0.05, 0) is 42.0 Å². The number of nitrogens with two attached hydrogens (primary N) is 1. The van der Waals surface area contributed by atoms with Crippen molar-refractivity contribution >= 4 is 0 Å². The first kappa shape index (κ1) is 13.0. The Kier molecular flexibility index (Phi) is 4.81. The summed E-state index contributed by atoms with van der Waals surface area (Å²) in [5, 5.41) is 0. The van der Waals surface area contributed by atoms with Crippen LogP contribution in [0.25, 0.3) is 0 Å². The van der Waals surface area contributed by atoms with Crippen molar-refractivity contribution in [2.45, 2.75) is 39.5 Å². The summed E-state index contributed by atoms with van der Waals surface area (Å²) in [7, 11) is 1.75. The standard InChI is InChI=1S/C14H23NO/c1-5-11-6-7-12(10(2)3)13(8-9-15)14(11)16-4/h6-7,10H,5,8-9,15H2,1-4H3. The van der Waals surface area contributed by atoms with Gasteiger partial charge in [0.1, 0.15) is 5.75 Å². The SMILES string of the molecule is CCc1ccc(C(C)C)c(CCN)c1OC. The maximum absolute atomic E-state index is 5.69.